The second-order valence-corrected chi connectivity index (χ2v) is 5.67. The molecule has 5 heteroatoms. The maximum absolute atomic E-state index is 12.1. The maximum Gasteiger partial charge on any atom is 0.196 e. The summed E-state index contributed by atoms with van der Waals surface area (Å²) in [5.74, 6) is 1.37. The molecule has 0 aliphatic rings. The van der Waals surface area contributed by atoms with Crippen molar-refractivity contribution in [1.82, 2.24) is 0 Å². The fourth-order valence-electron chi connectivity index (χ4n) is 1.68. The first-order valence-electron chi connectivity index (χ1n) is 5.83. The minimum absolute atomic E-state index is 0.0447. The van der Waals surface area contributed by atoms with Crippen LogP contribution >= 0.6 is 27.3 Å². The highest BCUT2D eigenvalue weighted by Gasteiger charge is 2.09. The molecule has 0 bridgehead atoms. The lowest BCUT2D eigenvalue weighted by atomic mass is 10.1. The van der Waals surface area contributed by atoms with E-state index in [0.717, 1.165) is 15.8 Å². The molecule has 3 nitrogen and oxygen atoms in total. The van der Waals surface area contributed by atoms with E-state index in [1.165, 1.54) is 17.4 Å². The number of halogens is 1. The molecule has 0 N–H and O–H groups in total. The second kappa shape index (κ2) is 6.72. The summed E-state index contributed by atoms with van der Waals surface area (Å²) in [5.41, 5.74) is 0.799. The van der Waals surface area contributed by atoms with E-state index in [1.807, 2.05) is 29.6 Å². The summed E-state index contributed by atoms with van der Waals surface area (Å²) in [7, 11) is 3.19. The van der Waals surface area contributed by atoms with E-state index in [0.29, 0.717) is 10.6 Å². The predicted molar refractivity (Wildman–Crippen MR) is 84.9 cm³/mol. The number of ketones is 1. The first-order valence-corrected chi connectivity index (χ1v) is 7.50. The number of hydrogen-bond acceptors (Lipinski definition) is 4. The number of methoxy groups -OCH3 is 2. The summed E-state index contributed by atoms with van der Waals surface area (Å²) in [6.45, 7) is 0. The largest absolute Gasteiger partial charge is 0.497 e. The highest BCUT2D eigenvalue weighted by atomic mass is 79.9. The highest BCUT2D eigenvalue weighted by molar-refractivity contribution is 9.10. The van der Waals surface area contributed by atoms with Gasteiger partial charge in [-0.15, -0.1) is 11.3 Å². The molecule has 1 aromatic heterocycles. The number of hydrogen-bond donors (Lipinski definition) is 0. The molecule has 2 rings (SSSR count). The highest BCUT2D eigenvalue weighted by Crippen LogP contribution is 2.27. The third-order valence-corrected chi connectivity index (χ3v) is 4.54. The molecule has 0 fully saturated rings. The summed E-state index contributed by atoms with van der Waals surface area (Å²) >= 11 is 4.76. The van der Waals surface area contributed by atoms with Crippen LogP contribution in [0.25, 0.3) is 6.08 Å². The molecule has 0 atom stereocenters. The van der Waals surface area contributed by atoms with Crippen molar-refractivity contribution in [3.8, 4) is 11.5 Å². The molecule has 0 aliphatic heterocycles. The first kappa shape index (κ1) is 14.8. The van der Waals surface area contributed by atoms with Crippen LogP contribution < -0.4 is 9.47 Å². The van der Waals surface area contributed by atoms with Crippen molar-refractivity contribution in [2.45, 2.75) is 0 Å². The molecule has 20 heavy (non-hydrogen) atoms. The van der Waals surface area contributed by atoms with Crippen LogP contribution in [0.3, 0.4) is 0 Å². The van der Waals surface area contributed by atoms with Gasteiger partial charge >= 0.3 is 0 Å². The van der Waals surface area contributed by atoms with Crippen LogP contribution in [0.2, 0.25) is 0 Å². The predicted octanol–water partition coefficient (Wildman–Crippen LogP) is 4.42. The Kier molecular flexibility index (Phi) is 4.98. The van der Waals surface area contributed by atoms with Crippen LogP contribution in [0.5, 0.6) is 11.5 Å². The first-order chi connectivity index (χ1) is 9.65. The average molecular weight is 353 g/mol. The molecule has 2 aromatic rings. The van der Waals surface area contributed by atoms with Crippen molar-refractivity contribution in [3.05, 3.63) is 50.6 Å². The SMILES string of the molecule is COc1ccc(OC)c(C=CC(=O)c2sccc2Br)c1. The van der Waals surface area contributed by atoms with Gasteiger partial charge in [0, 0.05) is 10.0 Å². The monoisotopic (exact) mass is 352 g/mol. The van der Waals surface area contributed by atoms with Gasteiger partial charge in [-0.05, 0) is 57.7 Å². The zero-order valence-electron chi connectivity index (χ0n) is 11.1. The smallest absolute Gasteiger partial charge is 0.196 e. The molecule has 0 aliphatic carbocycles. The molecular weight excluding hydrogens is 340 g/mol. The van der Waals surface area contributed by atoms with Crippen molar-refractivity contribution in [3.63, 3.8) is 0 Å². The zero-order chi connectivity index (χ0) is 14.5. The molecule has 0 amide bonds. The summed E-state index contributed by atoms with van der Waals surface area (Å²) in [4.78, 5) is 12.8. The number of carbonyl (C=O) groups is 1. The van der Waals surface area contributed by atoms with Crippen LogP contribution in [0.1, 0.15) is 15.2 Å². The number of carbonyl (C=O) groups excluding carboxylic acids is 1. The Morgan fingerprint density at radius 2 is 2.05 bits per heavy atom. The van der Waals surface area contributed by atoms with Crippen LogP contribution in [0.4, 0.5) is 0 Å². The van der Waals surface area contributed by atoms with E-state index in [-0.39, 0.29) is 5.78 Å². The summed E-state index contributed by atoms with van der Waals surface area (Å²) in [6, 6.07) is 7.31. The lowest BCUT2D eigenvalue weighted by molar-refractivity contribution is 0.105. The van der Waals surface area contributed by atoms with Gasteiger partial charge in [0.1, 0.15) is 11.5 Å². The normalized spacial score (nSPS) is 10.8. The van der Waals surface area contributed by atoms with Crippen molar-refractivity contribution < 1.29 is 14.3 Å². The van der Waals surface area contributed by atoms with Crippen LogP contribution in [-0.4, -0.2) is 20.0 Å². The van der Waals surface area contributed by atoms with Gasteiger partial charge in [-0.25, -0.2) is 0 Å². The lowest BCUT2D eigenvalue weighted by Crippen LogP contribution is -1.92. The lowest BCUT2D eigenvalue weighted by Gasteiger charge is -2.06. The number of allylic oxidation sites excluding steroid dienone is 1. The fraction of sp³-hybridized carbons (Fsp3) is 0.133. The molecular formula is C15H13BrO3S. The van der Waals surface area contributed by atoms with Crippen molar-refractivity contribution in [2.24, 2.45) is 0 Å². The molecule has 1 heterocycles. The minimum atomic E-state index is -0.0447. The van der Waals surface area contributed by atoms with E-state index in [9.17, 15) is 4.79 Å². The van der Waals surface area contributed by atoms with Crippen LogP contribution in [0, 0.1) is 0 Å². The van der Waals surface area contributed by atoms with E-state index in [1.54, 1.807) is 20.3 Å². The van der Waals surface area contributed by atoms with E-state index in [4.69, 9.17) is 9.47 Å². The molecule has 0 saturated carbocycles. The topological polar surface area (TPSA) is 35.5 Å². The van der Waals surface area contributed by atoms with Crippen molar-refractivity contribution in [1.29, 1.82) is 0 Å². The van der Waals surface area contributed by atoms with E-state index < -0.39 is 0 Å². The van der Waals surface area contributed by atoms with E-state index in [2.05, 4.69) is 15.9 Å². The fourth-order valence-corrected chi connectivity index (χ4v) is 3.17. The second-order valence-electron chi connectivity index (χ2n) is 3.90. The quantitative estimate of drug-likeness (QED) is 0.590. The van der Waals surface area contributed by atoms with Crippen molar-refractivity contribution >= 4 is 39.1 Å². The summed E-state index contributed by atoms with van der Waals surface area (Å²) in [6.07, 6.45) is 3.27. The molecule has 0 radical (unpaired) electrons. The van der Waals surface area contributed by atoms with Gasteiger partial charge in [0.25, 0.3) is 0 Å². The Hall–Kier alpha value is -1.59. The third kappa shape index (κ3) is 3.29. The molecule has 1 aromatic carbocycles. The van der Waals surface area contributed by atoms with Crippen molar-refractivity contribution in [2.75, 3.05) is 14.2 Å². The minimum Gasteiger partial charge on any atom is -0.497 e. The molecule has 104 valence electrons. The molecule has 0 unspecified atom stereocenters. The summed E-state index contributed by atoms with van der Waals surface area (Å²) in [5, 5.41) is 1.87. The van der Waals surface area contributed by atoms with Gasteiger partial charge in [0.05, 0.1) is 19.1 Å². The van der Waals surface area contributed by atoms with Gasteiger partial charge < -0.3 is 9.47 Å². The van der Waals surface area contributed by atoms with Crippen LogP contribution in [0.15, 0.2) is 40.2 Å². The average Bonchev–Trinajstić information content (AvgIpc) is 2.90. The van der Waals surface area contributed by atoms with Gasteiger partial charge in [-0.3, -0.25) is 4.79 Å². The maximum atomic E-state index is 12.1. The standard InChI is InChI=1S/C15H13BrO3S/c1-18-11-4-6-14(19-2)10(9-11)3-5-13(17)15-12(16)7-8-20-15/h3-9H,1-2H3. The Balaban J connectivity index is 2.27. The van der Waals surface area contributed by atoms with Gasteiger partial charge in [0.2, 0.25) is 0 Å². The van der Waals surface area contributed by atoms with Crippen LogP contribution in [-0.2, 0) is 0 Å². The number of benzene rings is 1. The Labute approximate surface area is 130 Å². The van der Waals surface area contributed by atoms with Gasteiger partial charge in [0.15, 0.2) is 5.78 Å². The van der Waals surface area contributed by atoms with Gasteiger partial charge in [-0.1, -0.05) is 0 Å². The van der Waals surface area contributed by atoms with Gasteiger partial charge in [-0.2, -0.15) is 0 Å². The Morgan fingerprint density at radius 3 is 2.65 bits per heavy atom. The number of ether oxygens (including phenoxy) is 2. The Morgan fingerprint density at radius 1 is 1.25 bits per heavy atom. The molecule has 0 spiro atoms. The zero-order valence-corrected chi connectivity index (χ0v) is 13.5. The number of thiophene rings is 1. The summed E-state index contributed by atoms with van der Waals surface area (Å²) < 4.78 is 11.3. The van der Waals surface area contributed by atoms with E-state index >= 15 is 0 Å². The Bertz CT molecular complexity index is 646. The third-order valence-electron chi connectivity index (χ3n) is 2.69. The molecule has 0 saturated heterocycles. The number of rotatable bonds is 5.